The highest BCUT2D eigenvalue weighted by Gasteiger charge is 2.24. The van der Waals surface area contributed by atoms with Crippen LogP contribution in [0.5, 0.6) is 0 Å². The van der Waals surface area contributed by atoms with E-state index < -0.39 is 10.0 Å². The van der Waals surface area contributed by atoms with Gasteiger partial charge in [0.25, 0.3) is 0 Å². The van der Waals surface area contributed by atoms with Gasteiger partial charge in [0, 0.05) is 6.04 Å². The SMILES string of the molecule is Cc1cccc(S(=O)(=O)NC2CCNCC2)c1C#N. The average Bonchev–Trinajstić information content (AvgIpc) is 2.39. The molecule has 1 aliphatic rings. The first kappa shape index (κ1) is 14.0. The number of piperidine rings is 1. The second-order valence-corrected chi connectivity index (χ2v) is 6.39. The Morgan fingerprint density at radius 3 is 2.68 bits per heavy atom. The molecule has 1 aromatic rings. The molecule has 0 amide bonds. The van der Waals surface area contributed by atoms with Crippen molar-refractivity contribution in [2.24, 2.45) is 0 Å². The molecule has 1 fully saturated rings. The summed E-state index contributed by atoms with van der Waals surface area (Å²) in [6, 6.07) is 6.80. The van der Waals surface area contributed by atoms with Gasteiger partial charge in [-0.05, 0) is 44.5 Å². The third-order valence-electron chi connectivity index (χ3n) is 3.30. The third-order valence-corrected chi connectivity index (χ3v) is 4.86. The fourth-order valence-electron chi connectivity index (χ4n) is 2.23. The van der Waals surface area contributed by atoms with Gasteiger partial charge in [-0.25, -0.2) is 13.1 Å². The van der Waals surface area contributed by atoms with Gasteiger partial charge < -0.3 is 5.32 Å². The van der Waals surface area contributed by atoms with Gasteiger partial charge in [0.1, 0.15) is 11.0 Å². The van der Waals surface area contributed by atoms with Crippen molar-refractivity contribution < 1.29 is 8.42 Å². The van der Waals surface area contributed by atoms with Crippen LogP contribution < -0.4 is 10.0 Å². The topological polar surface area (TPSA) is 82.0 Å². The Balaban J connectivity index is 2.29. The third kappa shape index (κ3) is 3.13. The van der Waals surface area contributed by atoms with Crippen LogP contribution >= 0.6 is 0 Å². The van der Waals surface area contributed by atoms with Crippen molar-refractivity contribution in [2.45, 2.75) is 30.7 Å². The molecule has 1 heterocycles. The second kappa shape index (κ2) is 5.70. The van der Waals surface area contributed by atoms with E-state index in [9.17, 15) is 8.42 Å². The molecular formula is C13H17N3O2S. The molecule has 19 heavy (non-hydrogen) atoms. The fourth-order valence-corrected chi connectivity index (χ4v) is 3.77. The zero-order chi connectivity index (χ0) is 13.9. The fraction of sp³-hybridized carbons (Fsp3) is 0.462. The predicted molar refractivity (Wildman–Crippen MR) is 72.1 cm³/mol. The second-order valence-electron chi connectivity index (χ2n) is 4.71. The summed E-state index contributed by atoms with van der Waals surface area (Å²) >= 11 is 0. The molecule has 1 aromatic carbocycles. The maximum atomic E-state index is 12.3. The lowest BCUT2D eigenvalue weighted by Gasteiger charge is -2.23. The number of nitrogens with zero attached hydrogens (tertiary/aromatic N) is 1. The number of sulfonamides is 1. The van der Waals surface area contributed by atoms with Gasteiger partial charge >= 0.3 is 0 Å². The van der Waals surface area contributed by atoms with Crippen LogP contribution in [-0.4, -0.2) is 27.5 Å². The maximum absolute atomic E-state index is 12.3. The minimum Gasteiger partial charge on any atom is -0.317 e. The van der Waals surface area contributed by atoms with Gasteiger partial charge in [0.15, 0.2) is 0 Å². The highest BCUT2D eigenvalue weighted by Crippen LogP contribution is 2.19. The molecule has 6 heteroatoms. The molecule has 0 radical (unpaired) electrons. The minimum atomic E-state index is -3.63. The molecule has 102 valence electrons. The number of nitrogens with one attached hydrogen (secondary N) is 2. The maximum Gasteiger partial charge on any atom is 0.242 e. The van der Waals surface area contributed by atoms with Crippen LogP contribution in [0.2, 0.25) is 0 Å². The van der Waals surface area contributed by atoms with Crippen molar-refractivity contribution in [3.8, 4) is 6.07 Å². The van der Waals surface area contributed by atoms with Crippen molar-refractivity contribution in [1.82, 2.24) is 10.0 Å². The first-order valence-corrected chi connectivity index (χ1v) is 7.75. The van der Waals surface area contributed by atoms with Crippen LogP contribution in [0.1, 0.15) is 24.0 Å². The lowest BCUT2D eigenvalue weighted by atomic mass is 10.1. The number of rotatable bonds is 3. The molecule has 5 nitrogen and oxygen atoms in total. The molecule has 0 bridgehead atoms. The van der Waals surface area contributed by atoms with E-state index in [0.29, 0.717) is 5.56 Å². The minimum absolute atomic E-state index is 0.0571. The number of hydrogen-bond donors (Lipinski definition) is 2. The molecule has 0 unspecified atom stereocenters. The normalized spacial score (nSPS) is 17.1. The summed E-state index contributed by atoms with van der Waals surface area (Å²) in [5.74, 6) is 0. The molecular weight excluding hydrogens is 262 g/mol. The Kier molecular flexibility index (Phi) is 4.20. The van der Waals surface area contributed by atoms with Crippen molar-refractivity contribution in [2.75, 3.05) is 13.1 Å². The van der Waals surface area contributed by atoms with E-state index in [1.165, 1.54) is 6.07 Å². The molecule has 0 atom stereocenters. The van der Waals surface area contributed by atoms with E-state index in [4.69, 9.17) is 5.26 Å². The van der Waals surface area contributed by atoms with Gasteiger partial charge in [-0.15, -0.1) is 0 Å². The summed E-state index contributed by atoms with van der Waals surface area (Å²) in [5, 5.41) is 12.3. The Morgan fingerprint density at radius 2 is 2.05 bits per heavy atom. The van der Waals surface area contributed by atoms with E-state index in [-0.39, 0.29) is 16.5 Å². The first-order valence-electron chi connectivity index (χ1n) is 6.27. The number of nitriles is 1. The molecule has 0 saturated carbocycles. The predicted octanol–water partition coefficient (Wildman–Crippen LogP) is 0.897. The zero-order valence-electron chi connectivity index (χ0n) is 10.8. The van der Waals surface area contributed by atoms with Gasteiger partial charge in [-0.2, -0.15) is 5.26 Å². The Bertz CT molecular complexity index is 599. The van der Waals surface area contributed by atoms with Crippen molar-refractivity contribution >= 4 is 10.0 Å². The van der Waals surface area contributed by atoms with Crippen molar-refractivity contribution in [1.29, 1.82) is 5.26 Å². The van der Waals surface area contributed by atoms with Crippen LogP contribution in [0.25, 0.3) is 0 Å². The number of hydrogen-bond acceptors (Lipinski definition) is 4. The van der Waals surface area contributed by atoms with E-state index in [1.54, 1.807) is 19.1 Å². The molecule has 0 spiro atoms. The Morgan fingerprint density at radius 1 is 1.37 bits per heavy atom. The van der Waals surface area contributed by atoms with E-state index in [1.807, 2.05) is 6.07 Å². The van der Waals surface area contributed by atoms with Gasteiger partial charge in [0.05, 0.1) is 5.56 Å². The number of aryl methyl sites for hydroxylation is 1. The van der Waals surface area contributed by atoms with E-state index >= 15 is 0 Å². The summed E-state index contributed by atoms with van der Waals surface area (Å²) in [4.78, 5) is 0.0773. The molecule has 1 aliphatic heterocycles. The van der Waals surface area contributed by atoms with Crippen LogP contribution in [0.15, 0.2) is 23.1 Å². The van der Waals surface area contributed by atoms with Crippen LogP contribution in [0.3, 0.4) is 0 Å². The lowest BCUT2D eigenvalue weighted by molar-refractivity contribution is 0.427. The van der Waals surface area contributed by atoms with Gasteiger partial charge in [0.2, 0.25) is 10.0 Å². The molecule has 2 rings (SSSR count). The first-order chi connectivity index (χ1) is 9.04. The van der Waals surface area contributed by atoms with Crippen LogP contribution in [0, 0.1) is 18.3 Å². The Labute approximate surface area is 113 Å². The lowest BCUT2D eigenvalue weighted by Crippen LogP contribution is -2.42. The largest absolute Gasteiger partial charge is 0.317 e. The standard InChI is InChI=1S/C13H17N3O2S/c1-10-3-2-4-13(12(10)9-14)19(17,18)16-11-5-7-15-8-6-11/h2-4,11,15-16H,5-8H2,1H3. The van der Waals surface area contributed by atoms with Crippen molar-refractivity contribution in [3.63, 3.8) is 0 Å². The van der Waals surface area contributed by atoms with E-state index in [2.05, 4.69) is 10.0 Å². The van der Waals surface area contributed by atoms with E-state index in [0.717, 1.165) is 25.9 Å². The summed E-state index contributed by atoms with van der Waals surface area (Å²) in [7, 11) is -3.63. The monoisotopic (exact) mass is 279 g/mol. The van der Waals surface area contributed by atoms with Crippen LogP contribution in [0.4, 0.5) is 0 Å². The summed E-state index contributed by atoms with van der Waals surface area (Å²) in [5.41, 5.74) is 0.902. The summed E-state index contributed by atoms with van der Waals surface area (Å²) in [6.07, 6.45) is 1.54. The highest BCUT2D eigenvalue weighted by atomic mass is 32.2. The van der Waals surface area contributed by atoms with Crippen molar-refractivity contribution in [3.05, 3.63) is 29.3 Å². The van der Waals surface area contributed by atoms with Gasteiger partial charge in [-0.3, -0.25) is 0 Å². The smallest absolute Gasteiger partial charge is 0.242 e. The van der Waals surface area contributed by atoms with Crippen LogP contribution in [-0.2, 0) is 10.0 Å². The number of benzene rings is 1. The highest BCUT2D eigenvalue weighted by molar-refractivity contribution is 7.89. The zero-order valence-corrected chi connectivity index (χ0v) is 11.6. The molecule has 0 aliphatic carbocycles. The molecule has 1 saturated heterocycles. The molecule has 0 aromatic heterocycles. The van der Waals surface area contributed by atoms with Gasteiger partial charge in [-0.1, -0.05) is 12.1 Å². The quantitative estimate of drug-likeness (QED) is 0.861. The molecule has 2 N–H and O–H groups in total. The average molecular weight is 279 g/mol. The Hall–Kier alpha value is -1.42. The summed E-state index contributed by atoms with van der Waals surface area (Å²) < 4.78 is 27.4. The summed E-state index contributed by atoms with van der Waals surface area (Å²) in [6.45, 7) is 3.36.